The van der Waals surface area contributed by atoms with Gasteiger partial charge in [-0.2, -0.15) is 0 Å². The zero-order valence-corrected chi connectivity index (χ0v) is 11.5. The molecule has 0 aliphatic rings. The van der Waals surface area contributed by atoms with Gasteiger partial charge in [-0.1, -0.05) is 33.6 Å². The second kappa shape index (κ2) is 5.10. The molecule has 0 radical (unpaired) electrons. The van der Waals surface area contributed by atoms with E-state index >= 15 is 0 Å². The van der Waals surface area contributed by atoms with Crippen LogP contribution in [0, 0.1) is 0 Å². The molecule has 2 aromatic rings. The first-order valence-electron chi connectivity index (χ1n) is 5.08. The Kier molecular flexibility index (Phi) is 3.74. The average Bonchev–Trinajstić information content (AvgIpc) is 2.73. The van der Waals surface area contributed by atoms with Crippen LogP contribution in [0.15, 0.2) is 30.5 Å². The number of benzene rings is 1. The van der Waals surface area contributed by atoms with Crippen molar-refractivity contribution < 1.29 is 9.53 Å². The van der Waals surface area contributed by atoms with Crippen molar-refractivity contribution in [3.05, 3.63) is 35.5 Å². The second-order valence-corrected chi connectivity index (χ2v) is 5.14. The summed E-state index contributed by atoms with van der Waals surface area (Å²) in [7, 11) is 1.38. The lowest BCUT2D eigenvalue weighted by Crippen LogP contribution is -2.21. The summed E-state index contributed by atoms with van der Waals surface area (Å²) in [6.07, 6.45) is 1.91. The molecule has 1 aromatic carbocycles. The summed E-state index contributed by atoms with van der Waals surface area (Å²) >= 11 is 9.38. The first kappa shape index (κ1) is 12.5. The van der Waals surface area contributed by atoms with Gasteiger partial charge in [0.1, 0.15) is 4.83 Å². The Morgan fingerprint density at radius 3 is 3.00 bits per heavy atom. The number of rotatable bonds is 3. The van der Waals surface area contributed by atoms with Crippen molar-refractivity contribution in [2.24, 2.45) is 0 Å². The fourth-order valence-electron chi connectivity index (χ4n) is 1.72. The predicted molar refractivity (Wildman–Crippen MR) is 71.7 cm³/mol. The van der Waals surface area contributed by atoms with Crippen LogP contribution in [0.4, 0.5) is 0 Å². The number of hydrogen-bond donors (Lipinski definition) is 0. The highest BCUT2D eigenvalue weighted by Gasteiger charge is 2.16. The highest BCUT2D eigenvalue weighted by molar-refractivity contribution is 9.10. The number of fused-ring (bicyclic) bond motifs is 1. The Morgan fingerprint density at radius 2 is 2.29 bits per heavy atom. The van der Waals surface area contributed by atoms with Crippen molar-refractivity contribution >= 4 is 44.4 Å². The Bertz CT molecular complexity index is 552. The predicted octanol–water partition coefficient (Wildman–Crippen LogP) is 3.23. The fraction of sp³-hybridized carbons (Fsp3) is 0.250. The summed E-state index contributed by atoms with van der Waals surface area (Å²) in [5.74, 6) is -0.283. The highest BCUT2D eigenvalue weighted by Crippen LogP contribution is 2.25. The largest absolute Gasteiger partial charge is 0.468 e. The third-order valence-electron chi connectivity index (χ3n) is 2.57. The van der Waals surface area contributed by atoms with E-state index in [4.69, 9.17) is 11.6 Å². The minimum absolute atomic E-state index is 0.283. The van der Waals surface area contributed by atoms with Crippen molar-refractivity contribution in [1.29, 1.82) is 0 Å². The number of aromatic nitrogens is 1. The normalized spacial score (nSPS) is 12.6. The van der Waals surface area contributed by atoms with Gasteiger partial charge in [0.15, 0.2) is 0 Å². The van der Waals surface area contributed by atoms with E-state index in [1.807, 2.05) is 35.0 Å². The molecule has 1 unspecified atom stereocenters. The van der Waals surface area contributed by atoms with E-state index in [0.29, 0.717) is 11.6 Å². The zero-order valence-electron chi connectivity index (χ0n) is 9.19. The van der Waals surface area contributed by atoms with Crippen molar-refractivity contribution in [3.63, 3.8) is 0 Å². The molecule has 90 valence electrons. The highest BCUT2D eigenvalue weighted by atomic mass is 79.9. The lowest BCUT2D eigenvalue weighted by molar-refractivity contribution is -0.140. The minimum atomic E-state index is -0.359. The summed E-state index contributed by atoms with van der Waals surface area (Å²) in [5, 5.41) is 1.70. The lowest BCUT2D eigenvalue weighted by Gasteiger charge is -2.10. The molecule has 3 nitrogen and oxygen atoms in total. The molecule has 0 N–H and O–H groups in total. The molecule has 1 atom stereocenters. The number of halogens is 2. The standard InChI is InChI=1S/C12H11BrClNO2/c1-17-12(16)9(13)7-15-6-5-8-10(14)3-2-4-11(8)15/h2-6,9H,7H2,1H3. The minimum Gasteiger partial charge on any atom is -0.468 e. The van der Waals surface area contributed by atoms with Crippen LogP contribution in [0.1, 0.15) is 0 Å². The third-order valence-corrected chi connectivity index (χ3v) is 3.57. The molecule has 1 aromatic heterocycles. The van der Waals surface area contributed by atoms with Gasteiger partial charge in [0, 0.05) is 28.7 Å². The summed E-state index contributed by atoms with van der Waals surface area (Å²) < 4.78 is 6.64. The number of esters is 1. The molecule has 0 fully saturated rings. The quantitative estimate of drug-likeness (QED) is 0.643. The van der Waals surface area contributed by atoms with Gasteiger partial charge in [-0.3, -0.25) is 4.79 Å². The molecule has 0 saturated heterocycles. The Hall–Kier alpha value is -1.00. The second-order valence-electron chi connectivity index (χ2n) is 3.63. The van der Waals surface area contributed by atoms with E-state index in [0.717, 1.165) is 10.9 Å². The van der Waals surface area contributed by atoms with Gasteiger partial charge >= 0.3 is 5.97 Å². The molecule has 17 heavy (non-hydrogen) atoms. The lowest BCUT2D eigenvalue weighted by atomic mass is 10.2. The van der Waals surface area contributed by atoms with E-state index in [9.17, 15) is 4.79 Å². The summed E-state index contributed by atoms with van der Waals surface area (Å²) in [4.78, 5) is 11.0. The SMILES string of the molecule is COC(=O)C(Br)Cn1ccc2c(Cl)cccc21. The molecule has 0 aliphatic heterocycles. The smallest absolute Gasteiger partial charge is 0.321 e. The van der Waals surface area contributed by atoms with Crippen molar-refractivity contribution in [2.45, 2.75) is 11.4 Å². The topological polar surface area (TPSA) is 31.2 Å². The van der Waals surface area contributed by atoms with Crippen LogP contribution in [-0.4, -0.2) is 22.5 Å². The number of nitrogens with zero attached hydrogens (tertiary/aromatic N) is 1. The molecule has 0 amide bonds. The van der Waals surface area contributed by atoms with Crippen LogP contribution in [0.25, 0.3) is 10.9 Å². The van der Waals surface area contributed by atoms with Crippen molar-refractivity contribution in [3.8, 4) is 0 Å². The maximum absolute atomic E-state index is 11.3. The van der Waals surface area contributed by atoms with Crippen LogP contribution < -0.4 is 0 Å². The van der Waals surface area contributed by atoms with Gasteiger partial charge in [0.2, 0.25) is 0 Å². The number of carbonyl (C=O) groups is 1. The number of ether oxygens (including phenoxy) is 1. The van der Waals surface area contributed by atoms with Crippen molar-refractivity contribution in [2.75, 3.05) is 7.11 Å². The zero-order chi connectivity index (χ0) is 12.4. The molecule has 0 spiro atoms. The summed E-state index contributed by atoms with van der Waals surface area (Å²) in [6.45, 7) is 0.510. The maximum atomic E-state index is 11.3. The third kappa shape index (κ3) is 2.48. The van der Waals surface area contributed by atoms with E-state index in [1.165, 1.54) is 7.11 Å². The Labute approximate surface area is 112 Å². The molecular weight excluding hydrogens is 305 g/mol. The van der Waals surface area contributed by atoms with Crippen LogP contribution >= 0.6 is 27.5 Å². The van der Waals surface area contributed by atoms with E-state index in [1.54, 1.807) is 0 Å². The van der Waals surface area contributed by atoms with Gasteiger partial charge < -0.3 is 9.30 Å². The first-order chi connectivity index (χ1) is 8.13. The van der Waals surface area contributed by atoms with Gasteiger partial charge in [-0.05, 0) is 18.2 Å². The molecule has 0 aliphatic carbocycles. The van der Waals surface area contributed by atoms with Crippen LogP contribution in [0.2, 0.25) is 5.02 Å². The molecule has 2 rings (SSSR count). The monoisotopic (exact) mass is 315 g/mol. The first-order valence-corrected chi connectivity index (χ1v) is 6.38. The molecule has 0 bridgehead atoms. The number of hydrogen-bond acceptors (Lipinski definition) is 2. The van der Waals surface area contributed by atoms with E-state index in [2.05, 4.69) is 20.7 Å². The fourth-order valence-corrected chi connectivity index (χ4v) is 2.45. The van der Waals surface area contributed by atoms with E-state index < -0.39 is 0 Å². The number of carbonyl (C=O) groups excluding carboxylic acids is 1. The van der Waals surface area contributed by atoms with Crippen LogP contribution in [0.3, 0.4) is 0 Å². The molecular formula is C12H11BrClNO2. The van der Waals surface area contributed by atoms with Gasteiger partial charge in [0.25, 0.3) is 0 Å². The molecule has 0 saturated carbocycles. The summed E-state index contributed by atoms with van der Waals surface area (Å²) in [6, 6.07) is 7.65. The summed E-state index contributed by atoms with van der Waals surface area (Å²) in [5.41, 5.74) is 1.01. The Balaban J connectivity index is 2.31. The van der Waals surface area contributed by atoms with Crippen LogP contribution in [0.5, 0.6) is 0 Å². The van der Waals surface area contributed by atoms with Crippen molar-refractivity contribution in [1.82, 2.24) is 4.57 Å². The maximum Gasteiger partial charge on any atom is 0.321 e. The average molecular weight is 317 g/mol. The molecule has 5 heteroatoms. The molecule has 1 heterocycles. The Morgan fingerprint density at radius 1 is 1.53 bits per heavy atom. The number of alkyl halides is 1. The van der Waals surface area contributed by atoms with Gasteiger partial charge in [0.05, 0.1) is 7.11 Å². The van der Waals surface area contributed by atoms with Gasteiger partial charge in [-0.15, -0.1) is 0 Å². The van der Waals surface area contributed by atoms with Gasteiger partial charge in [-0.25, -0.2) is 0 Å². The number of methoxy groups -OCH3 is 1. The van der Waals surface area contributed by atoms with E-state index in [-0.39, 0.29) is 10.8 Å². The van der Waals surface area contributed by atoms with Crippen LogP contribution in [-0.2, 0) is 16.1 Å².